The van der Waals surface area contributed by atoms with Gasteiger partial charge in [-0.1, -0.05) is 53.4 Å². The summed E-state index contributed by atoms with van der Waals surface area (Å²) >= 11 is 0. The van der Waals surface area contributed by atoms with E-state index in [0.29, 0.717) is 0 Å². The Labute approximate surface area is 72.4 Å². The third-order valence-electron chi connectivity index (χ3n) is 2.54. The highest BCUT2D eigenvalue weighted by atomic mass is 14.1. The van der Waals surface area contributed by atoms with Gasteiger partial charge in [0.1, 0.15) is 0 Å². The molecule has 0 heteroatoms. The Kier molecular flexibility index (Phi) is 6.69. The average molecular weight is 155 g/mol. The van der Waals surface area contributed by atoms with E-state index in [1.807, 2.05) is 0 Å². The predicted octanol–water partition coefficient (Wildman–Crippen LogP) is 4.06. The fourth-order valence-electron chi connectivity index (χ4n) is 1.15. The zero-order chi connectivity index (χ0) is 8.69. The summed E-state index contributed by atoms with van der Waals surface area (Å²) in [6.45, 7) is 9.14. The highest BCUT2D eigenvalue weighted by molar-refractivity contribution is 4.60. The van der Waals surface area contributed by atoms with Gasteiger partial charge in [-0.25, -0.2) is 0 Å². The van der Waals surface area contributed by atoms with Gasteiger partial charge in [-0.05, 0) is 18.3 Å². The Bertz CT molecular complexity index is 74.1. The van der Waals surface area contributed by atoms with E-state index in [1.54, 1.807) is 0 Å². The molecule has 0 amide bonds. The molecule has 0 aromatic heterocycles. The van der Waals surface area contributed by atoms with Gasteiger partial charge in [-0.3, -0.25) is 0 Å². The van der Waals surface area contributed by atoms with Crippen molar-refractivity contribution >= 4 is 0 Å². The summed E-state index contributed by atoms with van der Waals surface area (Å²) in [5.74, 6) is 1.77. The molecular weight excluding hydrogens is 132 g/mol. The summed E-state index contributed by atoms with van der Waals surface area (Å²) in [4.78, 5) is 0. The molecule has 0 rings (SSSR count). The second-order valence-electron chi connectivity index (χ2n) is 3.91. The SMILES string of the molecule is C[CH]CCCCC(C)C(C)C. The molecule has 0 aromatic carbocycles. The van der Waals surface area contributed by atoms with Crippen molar-refractivity contribution in [2.24, 2.45) is 11.8 Å². The summed E-state index contributed by atoms with van der Waals surface area (Å²) in [7, 11) is 0. The summed E-state index contributed by atoms with van der Waals surface area (Å²) in [6.07, 6.45) is 7.76. The van der Waals surface area contributed by atoms with E-state index in [0.717, 1.165) is 11.8 Å². The number of hydrogen-bond acceptors (Lipinski definition) is 0. The quantitative estimate of drug-likeness (QED) is 0.507. The minimum atomic E-state index is 0.862. The first kappa shape index (κ1) is 11.0. The lowest BCUT2D eigenvalue weighted by Crippen LogP contribution is -2.03. The zero-order valence-electron chi connectivity index (χ0n) is 8.56. The van der Waals surface area contributed by atoms with Gasteiger partial charge in [0.25, 0.3) is 0 Å². The van der Waals surface area contributed by atoms with Crippen molar-refractivity contribution in [1.82, 2.24) is 0 Å². The molecule has 1 radical (unpaired) electrons. The fraction of sp³-hybridized carbons (Fsp3) is 0.909. The van der Waals surface area contributed by atoms with Gasteiger partial charge in [0, 0.05) is 0 Å². The Morgan fingerprint density at radius 2 is 1.73 bits per heavy atom. The van der Waals surface area contributed by atoms with E-state index in [-0.39, 0.29) is 0 Å². The van der Waals surface area contributed by atoms with E-state index in [2.05, 4.69) is 34.1 Å². The van der Waals surface area contributed by atoms with Crippen LogP contribution in [0.25, 0.3) is 0 Å². The van der Waals surface area contributed by atoms with E-state index in [4.69, 9.17) is 0 Å². The van der Waals surface area contributed by atoms with E-state index >= 15 is 0 Å². The molecule has 0 heterocycles. The molecule has 0 aromatic rings. The molecule has 0 aliphatic rings. The van der Waals surface area contributed by atoms with Crippen LogP contribution >= 0.6 is 0 Å². The Hall–Kier alpha value is 0. The van der Waals surface area contributed by atoms with Crippen molar-refractivity contribution in [3.8, 4) is 0 Å². The molecule has 0 aliphatic heterocycles. The van der Waals surface area contributed by atoms with E-state index < -0.39 is 0 Å². The van der Waals surface area contributed by atoms with Gasteiger partial charge >= 0.3 is 0 Å². The molecule has 0 aliphatic carbocycles. The molecule has 67 valence electrons. The third kappa shape index (κ3) is 6.40. The van der Waals surface area contributed by atoms with Crippen molar-refractivity contribution in [3.05, 3.63) is 6.42 Å². The minimum Gasteiger partial charge on any atom is -0.0625 e. The van der Waals surface area contributed by atoms with Crippen LogP contribution in [-0.2, 0) is 0 Å². The summed E-state index contributed by atoms with van der Waals surface area (Å²) < 4.78 is 0. The molecular formula is C11H23. The fourth-order valence-corrected chi connectivity index (χ4v) is 1.15. The molecule has 0 nitrogen and oxygen atoms in total. The molecule has 0 saturated carbocycles. The smallest absolute Gasteiger partial charge is 0.0417 e. The standard InChI is InChI=1S/C11H23/c1-5-6-7-8-9-11(4)10(2)3/h5,10-11H,6-9H2,1-4H3. The molecule has 0 fully saturated rings. The van der Waals surface area contributed by atoms with Crippen LogP contribution < -0.4 is 0 Å². The van der Waals surface area contributed by atoms with Gasteiger partial charge in [-0.15, -0.1) is 0 Å². The molecule has 0 spiro atoms. The summed E-state index contributed by atoms with van der Waals surface area (Å²) in [5.41, 5.74) is 0. The zero-order valence-corrected chi connectivity index (χ0v) is 8.56. The van der Waals surface area contributed by atoms with Crippen LogP contribution in [0, 0.1) is 18.3 Å². The monoisotopic (exact) mass is 155 g/mol. The lowest BCUT2D eigenvalue weighted by atomic mass is 9.92. The van der Waals surface area contributed by atoms with Crippen LogP contribution in [0.1, 0.15) is 53.4 Å². The van der Waals surface area contributed by atoms with Gasteiger partial charge in [0.15, 0.2) is 0 Å². The number of hydrogen-bond donors (Lipinski definition) is 0. The second-order valence-corrected chi connectivity index (χ2v) is 3.91. The van der Waals surface area contributed by atoms with Crippen molar-refractivity contribution in [2.75, 3.05) is 0 Å². The van der Waals surface area contributed by atoms with Crippen LogP contribution in [0.4, 0.5) is 0 Å². The summed E-state index contributed by atoms with van der Waals surface area (Å²) in [5, 5.41) is 0. The highest BCUT2D eigenvalue weighted by Gasteiger charge is 2.05. The first-order chi connectivity index (χ1) is 5.18. The topological polar surface area (TPSA) is 0 Å². The van der Waals surface area contributed by atoms with Crippen LogP contribution in [0.15, 0.2) is 0 Å². The van der Waals surface area contributed by atoms with Crippen LogP contribution in [0.3, 0.4) is 0 Å². The Morgan fingerprint density at radius 1 is 1.09 bits per heavy atom. The van der Waals surface area contributed by atoms with Gasteiger partial charge in [0.05, 0.1) is 0 Å². The summed E-state index contributed by atoms with van der Waals surface area (Å²) in [6, 6.07) is 0. The number of rotatable bonds is 6. The largest absolute Gasteiger partial charge is 0.0625 e. The maximum absolute atomic E-state index is 2.36. The van der Waals surface area contributed by atoms with Crippen molar-refractivity contribution in [1.29, 1.82) is 0 Å². The lowest BCUT2D eigenvalue weighted by molar-refractivity contribution is 0.378. The van der Waals surface area contributed by atoms with E-state index in [1.165, 1.54) is 25.7 Å². The minimum absolute atomic E-state index is 0.862. The van der Waals surface area contributed by atoms with Crippen molar-refractivity contribution in [3.63, 3.8) is 0 Å². The normalized spacial score (nSPS) is 13.9. The predicted molar refractivity (Wildman–Crippen MR) is 52.4 cm³/mol. The maximum atomic E-state index is 2.36. The van der Waals surface area contributed by atoms with Gasteiger partial charge < -0.3 is 0 Å². The molecule has 0 bridgehead atoms. The first-order valence-electron chi connectivity index (χ1n) is 4.96. The third-order valence-corrected chi connectivity index (χ3v) is 2.54. The lowest BCUT2D eigenvalue weighted by Gasteiger charge is -2.14. The molecule has 11 heavy (non-hydrogen) atoms. The molecule has 0 N–H and O–H groups in total. The molecule has 1 atom stereocenters. The average Bonchev–Trinajstić information content (AvgIpc) is 1.97. The highest BCUT2D eigenvalue weighted by Crippen LogP contribution is 2.17. The Balaban J connectivity index is 3.10. The number of unbranched alkanes of at least 4 members (excludes halogenated alkanes) is 3. The van der Waals surface area contributed by atoms with Crippen LogP contribution in [0.2, 0.25) is 0 Å². The first-order valence-corrected chi connectivity index (χ1v) is 4.96. The molecule has 0 saturated heterocycles. The Morgan fingerprint density at radius 3 is 2.18 bits per heavy atom. The van der Waals surface area contributed by atoms with Crippen molar-refractivity contribution in [2.45, 2.75) is 53.4 Å². The van der Waals surface area contributed by atoms with Crippen LogP contribution in [-0.4, -0.2) is 0 Å². The second kappa shape index (κ2) is 6.69. The maximum Gasteiger partial charge on any atom is -0.0417 e. The van der Waals surface area contributed by atoms with Gasteiger partial charge in [-0.2, -0.15) is 0 Å². The van der Waals surface area contributed by atoms with Crippen molar-refractivity contribution < 1.29 is 0 Å². The van der Waals surface area contributed by atoms with Crippen LogP contribution in [0.5, 0.6) is 0 Å². The van der Waals surface area contributed by atoms with Gasteiger partial charge in [0.2, 0.25) is 0 Å². The van der Waals surface area contributed by atoms with E-state index in [9.17, 15) is 0 Å². The molecule has 1 unspecified atom stereocenters.